The van der Waals surface area contributed by atoms with Crippen molar-refractivity contribution in [3.8, 4) is 0 Å². The predicted octanol–water partition coefficient (Wildman–Crippen LogP) is -1.51. The van der Waals surface area contributed by atoms with E-state index in [1.54, 1.807) is 0 Å². The van der Waals surface area contributed by atoms with Crippen LogP contribution in [0.5, 0.6) is 0 Å². The average Bonchev–Trinajstić information content (AvgIpc) is 1.33. The molecule has 42 valence electrons. The molecular formula is C3H11KN3Si+. The Morgan fingerprint density at radius 3 is 1.12 bits per heavy atom. The SMILES string of the molecule is C[Si-](C)C.N=[N+]=N.[K+]. The zero-order valence-electron chi connectivity index (χ0n) is 5.95. The Morgan fingerprint density at radius 2 is 1.12 bits per heavy atom. The van der Waals surface area contributed by atoms with Crippen LogP contribution >= 0.6 is 0 Å². The van der Waals surface area contributed by atoms with E-state index in [-0.39, 0.29) is 60.2 Å². The summed E-state index contributed by atoms with van der Waals surface area (Å²) in [6.45, 7) is 6.81. The van der Waals surface area contributed by atoms with Gasteiger partial charge in [-0.15, -0.1) is 0 Å². The first-order valence-electron chi connectivity index (χ1n) is 1.95. The summed E-state index contributed by atoms with van der Waals surface area (Å²) >= 11 is 0. The Kier molecular flexibility index (Phi) is 31.6. The quantitative estimate of drug-likeness (QED) is 0.243. The number of nitrogens with zero attached hydrogens (tertiary/aromatic N) is 1. The van der Waals surface area contributed by atoms with Gasteiger partial charge in [0.05, 0.1) is 0 Å². The van der Waals surface area contributed by atoms with Gasteiger partial charge < -0.3 is 0 Å². The van der Waals surface area contributed by atoms with Gasteiger partial charge in [-0.25, -0.2) is 0 Å². The maximum atomic E-state index is 5.50. The Bertz CT molecular complexity index is 56.8. The van der Waals surface area contributed by atoms with Gasteiger partial charge in [-0.1, -0.05) is 0 Å². The van der Waals surface area contributed by atoms with Gasteiger partial charge >= 0.3 is 51.4 Å². The van der Waals surface area contributed by atoms with E-state index in [1.165, 1.54) is 0 Å². The van der Waals surface area contributed by atoms with Gasteiger partial charge in [0.1, 0.15) is 11.1 Å². The van der Waals surface area contributed by atoms with E-state index in [4.69, 9.17) is 11.1 Å². The van der Waals surface area contributed by atoms with Crippen molar-refractivity contribution in [2.75, 3.05) is 0 Å². The molecule has 0 heterocycles. The normalized spacial score (nSPS) is 5.50. The summed E-state index contributed by atoms with van der Waals surface area (Å²) in [5.41, 5.74) is 11.0. The maximum absolute atomic E-state index is 5.50. The molecular weight excluding hydrogens is 145 g/mol. The molecule has 0 rings (SSSR count). The third-order valence-electron chi connectivity index (χ3n) is 0. The van der Waals surface area contributed by atoms with Gasteiger partial charge in [0, 0.05) is 0 Å². The number of nitrogens with one attached hydrogen (secondary N) is 2. The van der Waals surface area contributed by atoms with E-state index < -0.39 is 0 Å². The molecule has 0 fully saturated rings. The predicted molar refractivity (Wildman–Crippen MR) is 30.9 cm³/mol. The van der Waals surface area contributed by atoms with Crippen LogP contribution in [0.25, 0.3) is 0 Å². The molecule has 3 nitrogen and oxygen atoms in total. The molecule has 0 saturated heterocycles. The minimum absolute atomic E-state index is 0. The van der Waals surface area contributed by atoms with Gasteiger partial charge in [0.25, 0.3) is 0 Å². The van der Waals surface area contributed by atoms with Crippen LogP contribution in [0.15, 0.2) is 0 Å². The second-order valence-corrected chi connectivity index (χ2v) is 4.61. The maximum Gasteiger partial charge on any atom is 1.00 e. The Balaban J connectivity index is -0.0000000575. The summed E-state index contributed by atoms with van der Waals surface area (Å²) in [4.78, 5) is 2.00. The van der Waals surface area contributed by atoms with E-state index in [0.29, 0.717) is 0 Å². The third kappa shape index (κ3) is 201. The van der Waals surface area contributed by atoms with Crippen molar-refractivity contribution in [2.45, 2.75) is 19.6 Å². The molecule has 0 saturated carbocycles. The molecule has 0 bridgehead atoms. The van der Waals surface area contributed by atoms with Crippen molar-refractivity contribution < 1.29 is 51.4 Å². The molecule has 0 aromatic heterocycles. The van der Waals surface area contributed by atoms with Crippen LogP contribution in [0.4, 0.5) is 0 Å². The summed E-state index contributed by atoms with van der Waals surface area (Å²) in [5.74, 6) is 0. The zero-order valence-corrected chi connectivity index (χ0v) is 10.1. The largest absolute Gasteiger partial charge is 1.00 e. The summed E-state index contributed by atoms with van der Waals surface area (Å²) in [7, 11) is 0.120. The fourth-order valence-corrected chi connectivity index (χ4v) is 0. The van der Waals surface area contributed by atoms with Crippen LogP contribution in [0.1, 0.15) is 0 Å². The van der Waals surface area contributed by atoms with Crippen LogP contribution in [0, 0.1) is 11.1 Å². The molecule has 0 amide bonds. The summed E-state index contributed by atoms with van der Waals surface area (Å²) in [6, 6.07) is 0. The monoisotopic (exact) mass is 156 g/mol. The Morgan fingerprint density at radius 1 is 1.12 bits per heavy atom. The molecule has 0 unspecified atom stereocenters. The molecule has 0 aliphatic carbocycles. The summed E-state index contributed by atoms with van der Waals surface area (Å²) in [5, 5.41) is 0. The molecule has 2 N–H and O–H groups in total. The van der Waals surface area contributed by atoms with Gasteiger partial charge in [-0.05, 0) is 0 Å². The first-order chi connectivity index (χ1) is 3.15. The number of rotatable bonds is 0. The Labute approximate surface area is 94.3 Å². The fourth-order valence-electron chi connectivity index (χ4n) is 0. The summed E-state index contributed by atoms with van der Waals surface area (Å²) in [6.07, 6.45) is 0. The van der Waals surface area contributed by atoms with Gasteiger partial charge in [-0.3, -0.25) is 8.80 Å². The van der Waals surface area contributed by atoms with Crippen molar-refractivity contribution in [1.29, 1.82) is 11.1 Å². The molecule has 0 aliphatic rings. The number of hydrogen-bond acceptors (Lipinski definition) is 2. The summed E-state index contributed by atoms with van der Waals surface area (Å²) < 4.78 is 0. The topological polar surface area (TPSA) is 61.8 Å². The van der Waals surface area contributed by atoms with Crippen molar-refractivity contribution in [3.63, 3.8) is 0 Å². The standard InChI is InChI=1S/C3H9Si.K.H2N3/c1-4(2)3;;1-3-2/h1-3H3;;1-2H/q-1;2*+1. The van der Waals surface area contributed by atoms with Gasteiger partial charge in [0.2, 0.25) is 4.91 Å². The fraction of sp³-hybridized carbons (Fsp3) is 1.00. The molecule has 0 radical (unpaired) electrons. The minimum Gasteiger partial charge on any atom is -0.271 e. The van der Waals surface area contributed by atoms with Crippen molar-refractivity contribution in [2.24, 2.45) is 0 Å². The van der Waals surface area contributed by atoms with Crippen molar-refractivity contribution in [3.05, 3.63) is 0 Å². The van der Waals surface area contributed by atoms with Crippen LogP contribution in [-0.2, 0) is 0 Å². The van der Waals surface area contributed by atoms with E-state index in [0.717, 1.165) is 0 Å². The van der Waals surface area contributed by atoms with E-state index in [1.807, 2.05) is 4.91 Å². The van der Waals surface area contributed by atoms with E-state index >= 15 is 0 Å². The molecule has 0 atom stereocenters. The first kappa shape index (κ1) is 16.1. The van der Waals surface area contributed by atoms with Crippen LogP contribution in [0.2, 0.25) is 19.6 Å². The first-order valence-corrected chi connectivity index (χ1v) is 4.95. The molecule has 0 spiro atoms. The third-order valence-corrected chi connectivity index (χ3v) is 0. The molecule has 5 heteroatoms. The van der Waals surface area contributed by atoms with Crippen LogP contribution in [-0.4, -0.2) is 8.80 Å². The molecule has 8 heavy (non-hydrogen) atoms. The smallest absolute Gasteiger partial charge is 0.271 e. The Hall–Kier alpha value is 1.16. The zero-order chi connectivity index (χ0) is 6.28. The molecule has 0 aromatic rings. The molecule has 0 aliphatic heterocycles. The number of hydrogen-bond donors (Lipinski definition) is 2. The second-order valence-electron chi connectivity index (χ2n) is 1.61. The van der Waals surface area contributed by atoms with Crippen LogP contribution in [0.3, 0.4) is 0 Å². The van der Waals surface area contributed by atoms with E-state index in [2.05, 4.69) is 19.6 Å². The average molecular weight is 156 g/mol. The van der Waals surface area contributed by atoms with Crippen LogP contribution < -0.4 is 56.3 Å². The second kappa shape index (κ2) is 15.7. The van der Waals surface area contributed by atoms with Crippen molar-refractivity contribution in [1.82, 2.24) is 4.91 Å². The van der Waals surface area contributed by atoms with Crippen molar-refractivity contribution >= 4 is 8.80 Å². The van der Waals surface area contributed by atoms with E-state index in [9.17, 15) is 0 Å². The molecule has 0 aromatic carbocycles. The minimum atomic E-state index is 0. The van der Waals surface area contributed by atoms with Gasteiger partial charge in [0.15, 0.2) is 0 Å². The van der Waals surface area contributed by atoms with Gasteiger partial charge in [-0.2, -0.15) is 19.6 Å².